The van der Waals surface area contributed by atoms with E-state index in [9.17, 15) is 17.8 Å². The van der Waals surface area contributed by atoms with Gasteiger partial charge in [0.15, 0.2) is 0 Å². The van der Waals surface area contributed by atoms with E-state index in [1.165, 1.54) is 11.3 Å². The fourth-order valence-electron chi connectivity index (χ4n) is 1.40. The van der Waals surface area contributed by atoms with Crippen LogP contribution in [0.2, 0.25) is 0 Å². The standard InChI is InChI=1S/C10H9NO4S4/c12-9-8(6-7-2-1-4-17-7)18-10(16)11(9)3-5-19(13,14)15/h1-2,4,6H,3,5H2,(H,13,14,15)/p-1/b8-6-. The number of thioether (sulfide) groups is 1. The maximum atomic E-state index is 12.0. The molecular formula is C10H8NO4S4-. The molecule has 1 saturated heterocycles. The molecule has 0 spiro atoms. The highest BCUT2D eigenvalue weighted by Gasteiger charge is 2.31. The molecule has 0 atom stereocenters. The van der Waals surface area contributed by atoms with Crippen LogP contribution >= 0.6 is 35.3 Å². The SMILES string of the molecule is O=C1/C(=C/c2cccs2)SC(=S)N1CCS(=O)(=O)[O-]. The number of amides is 1. The molecule has 0 radical (unpaired) electrons. The Bertz CT molecular complexity index is 632. The minimum absolute atomic E-state index is 0.196. The van der Waals surface area contributed by atoms with E-state index in [1.54, 1.807) is 6.08 Å². The van der Waals surface area contributed by atoms with Crippen molar-refractivity contribution in [2.45, 2.75) is 0 Å². The Balaban J connectivity index is 2.13. The molecule has 1 aromatic rings. The first-order valence-electron chi connectivity index (χ1n) is 5.09. The van der Waals surface area contributed by atoms with Crippen LogP contribution in [0.4, 0.5) is 0 Å². The Morgan fingerprint density at radius 3 is 2.79 bits per heavy atom. The molecule has 1 amide bonds. The first kappa shape index (κ1) is 14.7. The Morgan fingerprint density at radius 2 is 2.21 bits per heavy atom. The number of hydrogen-bond donors (Lipinski definition) is 0. The van der Waals surface area contributed by atoms with Crippen LogP contribution < -0.4 is 0 Å². The number of rotatable bonds is 4. The Kier molecular flexibility index (Phi) is 4.41. The Morgan fingerprint density at radius 1 is 1.47 bits per heavy atom. The predicted molar refractivity (Wildman–Crippen MR) is 78.8 cm³/mol. The molecule has 9 heteroatoms. The molecule has 1 fully saturated rings. The monoisotopic (exact) mass is 334 g/mol. The second-order valence-electron chi connectivity index (χ2n) is 3.61. The lowest BCUT2D eigenvalue weighted by molar-refractivity contribution is -0.121. The molecule has 5 nitrogen and oxygen atoms in total. The van der Waals surface area contributed by atoms with Gasteiger partial charge in [0, 0.05) is 11.4 Å². The summed E-state index contributed by atoms with van der Waals surface area (Å²) >= 11 is 7.60. The number of carbonyl (C=O) groups excluding carboxylic acids is 1. The minimum atomic E-state index is -4.36. The smallest absolute Gasteiger partial charge is 0.266 e. The lowest BCUT2D eigenvalue weighted by Crippen LogP contribution is -2.32. The third kappa shape index (κ3) is 3.86. The first-order valence-corrected chi connectivity index (χ1v) is 8.77. The maximum absolute atomic E-state index is 12.0. The fraction of sp³-hybridized carbons (Fsp3) is 0.200. The van der Waals surface area contributed by atoms with Gasteiger partial charge in [0.25, 0.3) is 5.91 Å². The molecule has 102 valence electrons. The first-order chi connectivity index (χ1) is 8.87. The number of nitrogens with zero attached hydrogens (tertiary/aromatic N) is 1. The molecule has 2 rings (SSSR count). The van der Waals surface area contributed by atoms with Gasteiger partial charge in [0.05, 0.1) is 20.8 Å². The average molecular weight is 334 g/mol. The van der Waals surface area contributed by atoms with E-state index in [0.717, 1.165) is 21.5 Å². The summed E-state index contributed by atoms with van der Waals surface area (Å²) in [5.74, 6) is -0.988. The third-order valence-electron chi connectivity index (χ3n) is 2.26. The minimum Gasteiger partial charge on any atom is -0.748 e. The fourth-order valence-corrected chi connectivity index (χ4v) is 3.84. The normalized spacial score (nSPS) is 18.6. The lowest BCUT2D eigenvalue weighted by Gasteiger charge is -2.15. The van der Waals surface area contributed by atoms with Gasteiger partial charge >= 0.3 is 0 Å². The molecule has 19 heavy (non-hydrogen) atoms. The summed E-state index contributed by atoms with van der Waals surface area (Å²) in [6, 6.07) is 3.72. The molecule has 0 aromatic carbocycles. The van der Waals surface area contributed by atoms with Gasteiger partial charge in [-0.3, -0.25) is 9.69 Å². The maximum Gasteiger partial charge on any atom is 0.266 e. The van der Waals surface area contributed by atoms with Crippen molar-refractivity contribution in [3.05, 3.63) is 27.3 Å². The second-order valence-corrected chi connectivity index (χ2v) is 7.79. The van der Waals surface area contributed by atoms with Crippen LogP contribution in [0, 0.1) is 0 Å². The van der Waals surface area contributed by atoms with Gasteiger partial charge in [-0.05, 0) is 17.5 Å². The van der Waals surface area contributed by atoms with Crippen molar-refractivity contribution >= 4 is 61.7 Å². The number of hydrogen-bond acceptors (Lipinski definition) is 7. The van der Waals surface area contributed by atoms with Gasteiger partial charge in [-0.25, -0.2) is 8.42 Å². The Hall–Kier alpha value is -0.740. The van der Waals surface area contributed by atoms with Crippen LogP contribution in [0.1, 0.15) is 4.88 Å². The van der Waals surface area contributed by atoms with E-state index in [0.29, 0.717) is 4.91 Å². The molecular weight excluding hydrogens is 326 g/mol. The molecule has 0 bridgehead atoms. The molecule has 1 aliphatic heterocycles. The number of carbonyl (C=O) groups is 1. The summed E-state index contributed by atoms with van der Waals surface area (Å²) in [6.07, 6.45) is 1.70. The highest BCUT2D eigenvalue weighted by atomic mass is 32.2. The van der Waals surface area contributed by atoms with Crippen molar-refractivity contribution in [2.75, 3.05) is 12.3 Å². The van der Waals surface area contributed by atoms with Gasteiger partial charge in [-0.15, -0.1) is 11.3 Å². The van der Waals surface area contributed by atoms with E-state index < -0.39 is 15.9 Å². The van der Waals surface area contributed by atoms with Crippen LogP contribution in [-0.2, 0) is 14.9 Å². The molecule has 1 aliphatic rings. The van der Waals surface area contributed by atoms with Crippen LogP contribution in [0.25, 0.3) is 6.08 Å². The summed E-state index contributed by atoms with van der Waals surface area (Å²) in [4.78, 5) is 14.5. The van der Waals surface area contributed by atoms with Crippen molar-refractivity contribution in [1.29, 1.82) is 0 Å². The van der Waals surface area contributed by atoms with E-state index in [2.05, 4.69) is 0 Å². The second kappa shape index (κ2) is 5.71. The van der Waals surface area contributed by atoms with Crippen molar-refractivity contribution in [3.63, 3.8) is 0 Å². The van der Waals surface area contributed by atoms with E-state index in [4.69, 9.17) is 12.2 Å². The molecule has 2 heterocycles. The van der Waals surface area contributed by atoms with E-state index >= 15 is 0 Å². The molecule has 1 aromatic heterocycles. The highest BCUT2D eigenvalue weighted by Crippen LogP contribution is 2.33. The van der Waals surface area contributed by atoms with Crippen molar-refractivity contribution in [2.24, 2.45) is 0 Å². The molecule has 0 aliphatic carbocycles. The summed E-state index contributed by atoms with van der Waals surface area (Å²) in [5.41, 5.74) is 0. The average Bonchev–Trinajstić information content (AvgIpc) is 2.87. The molecule has 0 unspecified atom stereocenters. The van der Waals surface area contributed by atoms with Crippen LogP contribution in [0.3, 0.4) is 0 Å². The third-order valence-corrected chi connectivity index (χ3v) is 5.13. The number of thiophene rings is 1. The van der Waals surface area contributed by atoms with Crippen LogP contribution in [-0.4, -0.2) is 40.4 Å². The summed E-state index contributed by atoms with van der Waals surface area (Å²) < 4.78 is 32.0. The van der Waals surface area contributed by atoms with Gasteiger partial charge in [0.2, 0.25) is 0 Å². The van der Waals surface area contributed by atoms with Crippen LogP contribution in [0.5, 0.6) is 0 Å². The van der Waals surface area contributed by atoms with Gasteiger partial charge in [-0.2, -0.15) is 0 Å². The van der Waals surface area contributed by atoms with E-state index in [-0.39, 0.29) is 16.8 Å². The van der Waals surface area contributed by atoms with Crippen LogP contribution in [0.15, 0.2) is 22.4 Å². The summed E-state index contributed by atoms with van der Waals surface area (Å²) in [5, 5.41) is 1.89. The summed E-state index contributed by atoms with van der Waals surface area (Å²) in [6.45, 7) is -0.196. The van der Waals surface area contributed by atoms with Gasteiger partial charge < -0.3 is 4.55 Å². The zero-order valence-corrected chi connectivity index (χ0v) is 12.7. The topological polar surface area (TPSA) is 77.5 Å². The van der Waals surface area contributed by atoms with Crippen molar-refractivity contribution in [3.8, 4) is 0 Å². The van der Waals surface area contributed by atoms with Crippen molar-refractivity contribution < 1.29 is 17.8 Å². The predicted octanol–water partition coefficient (Wildman–Crippen LogP) is 1.49. The summed E-state index contributed by atoms with van der Waals surface area (Å²) in [7, 11) is -4.36. The van der Waals surface area contributed by atoms with E-state index in [1.807, 2.05) is 17.5 Å². The van der Waals surface area contributed by atoms with Gasteiger partial charge in [0.1, 0.15) is 4.32 Å². The number of thiocarbonyl (C=S) groups is 1. The zero-order valence-electron chi connectivity index (χ0n) is 9.44. The largest absolute Gasteiger partial charge is 0.748 e. The Labute approximate surface area is 124 Å². The quantitative estimate of drug-likeness (QED) is 0.472. The molecule has 0 N–H and O–H groups in total. The van der Waals surface area contributed by atoms with Gasteiger partial charge in [-0.1, -0.05) is 30.0 Å². The zero-order chi connectivity index (χ0) is 14.0. The highest BCUT2D eigenvalue weighted by molar-refractivity contribution is 8.26. The molecule has 0 saturated carbocycles. The lowest BCUT2D eigenvalue weighted by atomic mass is 10.4. The van der Waals surface area contributed by atoms with Crippen molar-refractivity contribution in [1.82, 2.24) is 4.90 Å².